The van der Waals surface area contributed by atoms with Crippen LogP contribution in [0.2, 0.25) is 0 Å². The van der Waals surface area contributed by atoms with Crippen molar-refractivity contribution in [3.63, 3.8) is 0 Å². The fourth-order valence-electron chi connectivity index (χ4n) is 3.91. The highest BCUT2D eigenvalue weighted by molar-refractivity contribution is 5.72. The normalized spacial score (nSPS) is 14.6. The average molecular weight is 410 g/mol. The third-order valence-electron chi connectivity index (χ3n) is 5.53. The molecule has 0 saturated carbocycles. The van der Waals surface area contributed by atoms with Crippen molar-refractivity contribution in [3.8, 4) is 34.2 Å². The highest BCUT2D eigenvalue weighted by atomic mass is 19.1. The van der Waals surface area contributed by atoms with Crippen LogP contribution in [-0.2, 0) is 0 Å². The zero-order valence-corrected chi connectivity index (χ0v) is 17.2. The van der Waals surface area contributed by atoms with Gasteiger partial charge in [-0.15, -0.1) is 0 Å². The number of ether oxygens (including phenoxy) is 2. The minimum absolute atomic E-state index is 0.0463. The van der Waals surface area contributed by atoms with Gasteiger partial charge in [-0.3, -0.25) is 9.47 Å². The molecule has 4 rings (SSSR count). The lowest BCUT2D eigenvalue weighted by atomic mass is 10.1. The number of methoxy groups -OCH3 is 1. The van der Waals surface area contributed by atoms with Gasteiger partial charge in [0, 0.05) is 18.3 Å². The Morgan fingerprint density at radius 2 is 1.83 bits per heavy atom. The van der Waals surface area contributed by atoms with Gasteiger partial charge in [-0.1, -0.05) is 18.6 Å². The first-order chi connectivity index (χ1) is 14.7. The summed E-state index contributed by atoms with van der Waals surface area (Å²) in [7, 11) is 1.62. The van der Waals surface area contributed by atoms with Crippen LogP contribution in [0.5, 0.6) is 17.4 Å². The number of piperidine rings is 1. The molecule has 30 heavy (non-hydrogen) atoms. The van der Waals surface area contributed by atoms with Crippen LogP contribution >= 0.6 is 0 Å². The van der Waals surface area contributed by atoms with Crippen molar-refractivity contribution >= 4 is 0 Å². The van der Waals surface area contributed by atoms with Crippen molar-refractivity contribution in [2.75, 3.05) is 33.4 Å². The molecule has 6 heteroatoms. The molecule has 3 aromatic rings. The summed E-state index contributed by atoms with van der Waals surface area (Å²) in [6.45, 7) is 3.72. The molecule has 0 aliphatic carbocycles. The van der Waals surface area contributed by atoms with Crippen molar-refractivity contribution in [2.24, 2.45) is 0 Å². The Morgan fingerprint density at radius 3 is 2.60 bits per heavy atom. The first-order valence-corrected chi connectivity index (χ1v) is 10.4. The molecule has 0 spiro atoms. The van der Waals surface area contributed by atoms with Crippen LogP contribution in [0, 0.1) is 5.82 Å². The van der Waals surface area contributed by atoms with E-state index in [-0.39, 0.29) is 11.7 Å². The fourth-order valence-corrected chi connectivity index (χ4v) is 3.91. The summed E-state index contributed by atoms with van der Waals surface area (Å²) in [6, 6.07) is 13.5. The fraction of sp³-hybridized carbons (Fsp3) is 0.333. The zero-order chi connectivity index (χ0) is 20.9. The number of hydrogen-bond acceptors (Lipinski definition) is 4. The Balaban J connectivity index is 1.54. The van der Waals surface area contributed by atoms with E-state index in [1.54, 1.807) is 36.1 Å². The average Bonchev–Trinajstić information content (AvgIpc) is 3.16. The molecule has 0 atom stereocenters. The zero-order valence-electron chi connectivity index (χ0n) is 17.2. The van der Waals surface area contributed by atoms with Crippen molar-refractivity contribution in [1.29, 1.82) is 0 Å². The molecule has 0 bridgehead atoms. The van der Waals surface area contributed by atoms with Crippen LogP contribution in [0.4, 0.5) is 4.39 Å². The molecule has 1 fully saturated rings. The topological polar surface area (TPSA) is 46.9 Å². The van der Waals surface area contributed by atoms with Crippen LogP contribution in [-0.4, -0.2) is 47.9 Å². The van der Waals surface area contributed by atoms with Crippen LogP contribution in [0.3, 0.4) is 0 Å². The molecule has 5 nitrogen and oxygen atoms in total. The predicted octanol–water partition coefficient (Wildman–Crippen LogP) is 4.86. The molecule has 1 N–H and O–H groups in total. The molecular weight excluding hydrogens is 383 g/mol. The summed E-state index contributed by atoms with van der Waals surface area (Å²) in [5, 5.41) is 10.8. The molecule has 0 amide bonds. The number of aromatic nitrogens is 1. The van der Waals surface area contributed by atoms with E-state index in [9.17, 15) is 9.50 Å². The van der Waals surface area contributed by atoms with Gasteiger partial charge in [-0.05, 0) is 67.9 Å². The van der Waals surface area contributed by atoms with E-state index in [1.807, 2.05) is 18.2 Å². The van der Waals surface area contributed by atoms with E-state index in [2.05, 4.69) is 4.90 Å². The van der Waals surface area contributed by atoms with Gasteiger partial charge in [0.25, 0.3) is 0 Å². The Bertz CT molecular complexity index is 996. The molecule has 2 aromatic carbocycles. The van der Waals surface area contributed by atoms with Crippen LogP contribution < -0.4 is 9.47 Å². The van der Waals surface area contributed by atoms with Gasteiger partial charge >= 0.3 is 0 Å². The summed E-state index contributed by atoms with van der Waals surface area (Å²) in [5.74, 6) is 0.993. The predicted molar refractivity (Wildman–Crippen MR) is 115 cm³/mol. The molecule has 1 aliphatic rings. The number of rotatable bonds is 7. The van der Waals surface area contributed by atoms with E-state index in [4.69, 9.17) is 9.47 Å². The maximum absolute atomic E-state index is 13.6. The number of hydrogen-bond donors (Lipinski definition) is 1. The van der Waals surface area contributed by atoms with E-state index < -0.39 is 0 Å². The maximum atomic E-state index is 13.6. The van der Waals surface area contributed by atoms with Crippen molar-refractivity contribution in [2.45, 2.75) is 19.3 Å². The second kappa shape index (κ2) is 9.22. The number of benzene rings is 2. The van der Waals surface area contributed by atoms with Gasteiger partial charge in [0.1, 0.15) is 12.4 Å². The monoisotopic (exact) mass is 410 g/mol. The summed E-state index contributed by atoms with van der Waals surface area (Å²) in [5.41, 5.74) is 2.00. The molecule has 0 radical (unpaired) electrons. The van der Waals surface area contributed by atoms with Gasteiger partial charge in [0.2, 0.25) is 5.88 Å². The van der Waals surface area contributed by atoms with Crippen LogP contribution in [0.25, 0.3) is 16.8 Å². The first kappa shape index (κ1) is 20.3. The molecule has 1 saturated heterocycles. The first-order valence-electron chi connectivity index (χ1n) is 10.4. The lowest BCUT2D eigenvalue weighted by Crippen LogP contribution is -2.33. The summed E-state index contributed by atoms with van der Waals surface area (Å²) in [6.07, 6.45) is 5.54. The molecule has 158 valence electrons. The van der Waals surface area contributed by atoms with E-state index >= 15 is 0 Å². The van der Waals surface area contributed by atoms with Gasteiger partial charge in [-0.2, -0.15) is 0 Å². The Kier molecular flexibility index (Phi) is 6.23. The van der Waals surface area contributed by atoms with E-state index in [0.29, 0.717) is 29.4 Å². The molecular formula is C24H27FN2O3. The number of nitrogens with zero attached hydrogens (tertiary/aromatic N) is 2. The van der Waals surface area contributed by atoms with Crippen molar-refractivity contribution < 1.29 is 19.0 Å². The number of likely N-dealkylation sites (tertiary alicyclic amines) is 1. The summed E-state index contributed by atoms with van der Waals surface area (Å²) in [4.78, 5) is 2.42. The molecule has 0 unspecified atom stereocenters. The maximum Gasteiger partial charge on any atom is 0.203 e. The largest absolute Gasteiger partial charge is 0.494 e. The van der Waals surface area contributed by atoms with Crippen LogP contribution in [0.1, 0.15) is 19.3 Å². The minimum Gasteiger partial charge on any atom is -0.494 e. The van der Waals surface area contributed by atoms with Gasteiger partial charge < -0.3 is 14.6 Å². The summed E-state index contributed by atoms with van der Waals surface area (Å²) >= 11 is 0. The second-order valence-electron chi connectivity index (χ2n) is 7.52. The van der Waals surface area contributed by atoms with Crippen molar-refractivity contribution in [3.05, 3.63) is 60.5 Å². The standard InChI is InChI=1S/C24H27FN2O3/c1-29-22-9-8-18(16-23(22)30-15-14-26-11-3-2-4-12-26)21-10-13-27(24(21)28)20-7-5-6-19(25)17-20/h5-10,13,16-17,28H,2-4,11-12,14-15H2,1H3. The summed E-state index contributed by atoms with van der Waals surface area (Å²) < 4.78 is 26.6. The number of halogens is 1. The molecule has 2 heterocycles. The SMILES string of the molecule is COc1ccc(-c2ccn(-c3cccc(F)c3)c2O)cc1OCCN1CCCCC1. The van der Waals surface area contributed by atoms with Crippen LogP contribution in [0.15, 0.2) is 54.7 Å². The third kappa shape index (κ3) is 4.44. The van der Waals surface area contributed by atoms with E-state index in [0.717, 1.165) is 25.2 Å². The van der Waals surface area contributed by atoms with Crippen molar-refractivity contribution in [1.82, 2.24) is 9.47 Å². The highest BCUT2D eigenvalue weighted by Crippen LogP contribution is 2.37. The Labute approximate surface area is 176 Å². The van der Waals surface area contributed by atoms with Gasteiger partial charge in [-0.25, -0.2) is 4.39 Å². The third-order valence-corrected chi connectivity index (χ3v) is 5.53. The minimum atomic E-state index is -0.351. The Morgan fingerprint density at radius 1 is 1.00 bits per heavy atom. The second-order valence-corrected chi connectivity index (χ2v) is 7.52. The highest BCUT2D eigenvalue weighted by Gasteiger charge is 2.15. The van der Waals surface area contributed by atoms with E-state index in [1.165, 1.54) is 31.4 Å². The molecule has 1 aromatic heterocycles. The smallest absolute Gasteiger partial charge is 0.203 e. The number of aromatic hydroxyl groups is 1. The van der Waals surface area contributed by atoms with Gasteiger partial charge in [0.15, 0.2) is 11.5 Å². The quantitative estimate of drug-likeness (QED) is 0.604. The van der Waals surface area contributed by atoms with Gasteiger partial charge in [0.05, 0.1) is 12.8 Å². The lowest BCUT2D eigenvalue weighted by molar-refractivity contribution is 0.180. The lowest BCUT2D eigenvalue weighted by Gasteiger charge is -2.26. The Hall–Kier alpha value is -2.99. The molecule has 1 aliphatic heterocycles.